The fraction of sp³-hybridized carbons (Fsp3) is 0.312. The van der Waals surface area contributed by atoms with Crippen LogP contribution in [0.2, 0.25) is 0 Å². The Hall–Kier alpha value is -4.14. The average molecular weight is 543 g/mol. The topological polar surface area (TPSA) is 99.5 Å². The molecule has 2 aliphatic heterocycles. The first-order chi connectivity index (χ1) is 19.4. The maximum Gasteiger partial charge on any atom is 0.295 e. The van der Waals surface area contributed by atoms with Crippen molar-refractivity contribution < 1.29 is 29.3 Å². The summed E-state index contributed by atoms with van der Waals surface area (Å²) in [4.78, 5) is 30.5. The van der Waals surface area contributed by atoms with Gasteiger partial charge in [-0.15, -0.1) is 0 Å². The number of hydrogen-bond donors (Lipinski definition) is 2. The van der Waals surface area contributed by atoms with E-state index in [1.54, 1.807) is 24.3 Å². The van der Waals surface area contributed by atoms with Crippen molar-refractivity contribution in [1.29, 1.82) is 0 Å². The largest absolute Gasteiger partial charge is 0.508 e. The zero-order chi connectivity index (χ0) is 28.1. The van der Waals surface area contributed by atoms with Gasteiger partial charge in [0.25, 0.3) is 11.7 Å². The molecule has 8 heteroatoms. The number of benzene rings is 3. The van der Waals surface area contributed by atoms with Crippen molar-refractivity contribution in [2.75, 3.05) is 39.4 Å². The fourth-order valence-corrected chi connectivity index (χ4v) is 5.28. The lowest BCUT2D eigenvalue weighted by Crippen LogP contribution is -2.38. The summed E-state index contributed by atoms with van der Waals surface area (Å²) in [5.41, 5.74) is 2.90. The van der Waals surface area contributed by atoms with Crippen LogP contribution in [0.1, 0.15) is 34.7 Å². The van der Waals surface area contributed by atoms with E-state index in [1.807, 2.05) is 43.3 Å². The molecular weight excluding hydrogens is 508 g/mol. The van der Waals surface area contributed by atoms with Crippen LogP contribution in [0, 0.1) is 6.92 Å². The number of likely N-dealkylation sites (tertiary alicyclic amines) is 1. The van der Waals surface area contributed by atoms with E-state index in [2.05, 4.69) is 4.90 Å². The van der Waals surface area contributed by atoms with Gasteiger partial charge in [-0.25, -0.2) is 0 Å². The lowest BCUT2D eigenvalue weighted by Gasteiger charge is -2.29. The molecule has 2 aliphatic rings. The van der Waals surface area contributed by atoms with E-state index >= 15 is 0 Å². The Balaban J connectivity index is 1.42. The van der Waals surface area contributed by atoms with Gasteiger partial charge in [0.1, 0.15) is 23.9 Å². The SMILES string of the molecule is Cc1cc(OCc2ccccc2)ccc1/C(O)=C1\C(=O)C(=O)N(CCCN2CCOCC2)[C@H]1c1ccc(O)cc1. The number of ketones is 1. The number of aliphatic hydroxyl groups excluding tert-OH is 1. The monoisotopic (exact) mass is 542 g/mol. The molecule has 3 aromatic rings. The van der Waals surface area contributed by atoms with E-state index in [-0.39, 0.29) is 17.1 Å². The van der Waals surface area contributed by atoms with Crippen LogP contribution in [0.5, 0.6) is 11.5 Å². The average Bonchev–Trinajstić information content (AvgIpc) is 3.22. The number of ether oxygens (including phenoxy) is 2. The second-order valence-electron chi connectivity index (χ2n) is 10.1. The van der Waals surface area contributed by atoms with Crippen LogP contribution in [-0.2, 0) is 20.9 Å². The molecule has 2 saturated heterocycles. The molecule has 0 aliphatic carbocycles. The predicted molar refractivity (Wildman–Crippen MR) is 151 cm³/mol. The molecule has 0 spiro atoms. The summed E-state index contributed by atoms with van der Waals surface area (Å²) < 4.78 is 11.3. The van der Waals surface area contributed by atoms with E-state index in [0.29, 0.717) is 55.2 Å². The minimum absolute atomic E-state index is 0.0446. The molecule has 0 unspecified atom stereocenters. The number of carbonyl (C=O) groups excluding carboxylic acids is 2. The van der Waals surface area contributed by atoms with Crippen LogP contribution >= 0.6 is 0 Å². The summed E-state index contributed by atoms with van der Waals surface area (Å²) in [5.74, 6) is -0.862. The minimum Gasteiger partial charge on any atom is -0.508 e. The summed E-state index contributed by atoms with van der Waals surface area (Å²) in [6.07, 6.45) is 0.675. The number of aryl methyl sites for hydroxylation is 1. The standard InChI is InChI=1S/C32H34N2O6/c1-22-20-26(40-21-23-6-3-2-4-7-23)12-13-27(22)30(36)28-29(24-8-10-25(35)11-9-24)34(32(38)31(28)37)15-5-14-33-16-18-39-19-17-33/h2-4,6-13,20,29,35-36H,5,14-19,21H2,1H3/b30-28+/t29-/m0/s1. The van der Waals surface area contributed by atoms with Gasteiger partial charge in [0.15, 0.2) is 0 Å². The molecule has 0 bridgehead atoms. The number of Topliss-reactive ketones (excluding diaryl/α,β-unsaturated/α-hetero) is 1. The Labute approximate surface area is 234 Å². The first-order valence-electron chi connectivity index (χ1n) is 13.6. The number of amides is 1. The normalized spacial score (nSPS) is 19.2. The summed E-state index contributed by atoms with van der Waals surface area (Å²) >= 11 is 0. The molecule has 0 saturated carbocycles. The van der Waals surface area contributed by atoms with E-state index in [1.165, 1.54) is 17.0 Å². The molecule has 40 heavy (non-hydrogen) atoms. The Morgan fingerprint density at radius 3 is 2.40 bits per heavy atom. The third kappa shape index (κ3) is 6.03. The summed E-state index contributed by atoms with van der Waals surface area (Å²) in [5, 5.41) is 21.3. The van der Waals surface area contributed by atoms with Crippen LogP contribution in [0.15, 0.2) is 78.4 Å². The van der Waals surface area contributed by atoms with Gasteiger partial charge >= 0.3 is 0 Å². The first kappa shape index (κ1) is 27.4. The van der Waals surface area contributed by atoms with E-state index < -0.39 is 17.7 Å². The quantitative estimate of drug-likeness (QED) is 0.235. The molecule has 0 radical (unpaired) electrons. The second kappa shape index (κ2) is 12.4. The molecule has 2 heterocycles. The number of hydrogen-bond acceptors (Lipinski definition) is 7. The van der Waals surface area contributed by atoms with Crippen LogP contribution in [0.3, 0.4) is 0 Å². The van der Waals surface area contributed by atoms with Crippen molar-refractivity contribution in [2.24, 2.45) is 0 Å². The molecule has 1 atom stereocenters. The van der Waals surface area contributed by atoms with Crippen molar-refractivity contribution >= 4 is 17.4 Å². The van der Waals surface area contributed by atoms with Gasteiger partial charge in [0.05, 0.1) is 24.8 Å². The number of aromatic hydroxyl groups is 1. The van der Waals surface area contributed by atoms with Crippen molar-refractivity contribution in [2.45, 2.75) is 26.0 Å². The Bertz CT molecular complexity index is 1380. The Morgan fingerprint density at radius 1 is 0.975 bits per heavy atom. The van der Waals surface area contributed by atoms with Crippen molar-refractivity contribution in [3.8, 4) is 11.5 Å². The minimum atomic E-state index is -0.765. The summed E-state index contributed by atoms with van der Waals surface area (Å²) in [6, 6.07) is 20.7. The highest BCUT2D eigenvalue weighted by Crippen LogP contribution is 2.40. The van der Waals surface area contributed by atoms with Crippen molar-refractivity contribution in [3.05, 3.63) is 101 Å². The molecular formula is C32H34N2O6. The van der Waals surface area contributed by atoms with Crippen molar-refractivity contribution in [1.82, 2.24) is 9.80 Å². The lowest BCUT2D eigenvalue weighted by atomic mass is 9.93. The smallest absolute Gasteiger partial charge is 0.295 e. The number of nitrogens with zero attached hydrogens (tertiary/aromatic N) is 2. The predicted octanol–water partition coefficient (Wildman–Crippen LogP) is 4.42. The maximum atomic E-state index is 13.4. The highest BCUT2D eigenvalue weighted by Gasteiger charge is 2.46. The highest BCUT2D eigenvalue weighted by atomic mass is 16.5. The third-order valence-corrected chi connectivity index (χ3v) is 7.43. The lowest BCUT2D eigenvalue weighted by molar-refractivity contribution is -0.140. The number of aliphatic hydroxyl groups is 1. The van der Waals surface area contributed by atoms with E-state index in [0.717, 1.165) is 25.2 Å². The zero-order valence-electron chi connectivity index (χ0n) is 22.6. The molecule has 3 aromatic carbocycles. The molecule has 8 nitrogen and oxygen atoms in total. The van der Waals surface area contributed by atoms with Gasteiger partial charge in [-0.3, -0.25) is 14.5 Å². The molecule has 5 rings (SSSR count). The number of rotatable bonds is 9. The van der Waals surface area contributed by atoms with Crippen LogP contribution < -0.4 is 4.74 Å². The van der Waals surface area contributed by atoms with Gasteiger partial charge in [0.2, 0.25) is 0 Å². The highest BCUT2D eigenvalue weighted by molar-refractivity contribution is 6.46. The van der Waals surface area contributed by atoms with Gasteiger partial charge < -0.3 is 24.6 Å². The van der Waals surface area contributed by atoms with Crippen LogP contribution in [0.25, 0.3) is 5.76 Å². The maximum absolute atomic E-state index is 13.4. The first-order valence-corrected chi connectivity index (χ1v) is 13.6. The summed E-state index contributed by atoms with van der Waals surface area (Å²) in [7, 11) is 0. The number of morpholine rings is 1. The van der Waals surface area contributed by atoms with Gasteiger partial charge in [-0.05, 0) is 60.4 Å². The number of phenolic OH excluding ortho intramolecular Hbond substituents is 1. The molecule has 1 amide bonds. The number of carbonyl (C=O) groups is 2. The molecule has 2 fully saturated rings. The second-order valence-corrected chi connectivity index (χ2v) is 10.1. The molecule has 0 aromatic heterocycles. The molecule has 208 valence electrons. The van der Waals surface area contributed by atoms with Crippen LogP contribution in [0.4, 0.5) is 0 Å². The van der Waals surface area contributed by atoms with Gasteiger partial charge in [-0.2, -0.15) is 0 Å². The Morgan fingerprint density at radius 2 is 1.70 bits per heavy atom. The fourth-order valence-electron chi connectivity index (χ4n) is 5.28. The van der Waals surface area contributed by atoms with Gasteiger partial charge in [-0.1, -0.05) is 42.5 Å². The van der Waals surface area contributed by atoms with Crippen LogP contribution in [-0.4, -0.2) is 71.1 Å². The van der Waals surface area contributed by atoms with Crippen molar-refractivity contribution in [3.63, 3.8) is 0 Å². The van der Waals surface area contributed by atoms with Gasteiger partial charge in [0, 0.05) is 31.7 Å². The number of phenols is 1. The van der Waals surface area contributed by atoms with E-state index in [4.69, 9.17) is 9.47 Å². The molecule has 2 N–H and O–H groups in total. The zero-order valence-corrected chi connectivity index (χ0v) is 22.6. The summed E-state index contributed by atoms with van der Waals surface area (Å²) in [6.45, 7) is 6.42. The van der Waals surface area contributed by atoms with E-state index in [9.17, 15) is 19.8 Å². The Kier molecular flexibility index (Phi) is 8.48. The third-order valence-electron chi connectivity index (χ3n) is 7.43.